The van der Waals surface area contributed by atoms with Crippen molar-refractivity contribution >= 4 is 15.9 Å². The van der Waals surface area contributed by atoms with Gasteiger partial charge in [0.25, 0.3) is 10.0 Å². The number of hydrogen-bond acceptors (Lipinski definition) is 6. The van der Waals surface area contributed by atoms with Crippen molar-refractivity contribution in [3.8, 4) is 16.9 Å². The number of nitrogens with one attached hydrogen (secondary N) is 2. The van der Waals surface area contributed by atoms with E-state index in [2.05, 4.69) is 45.3 Å². The molecular weight excluding hydrogens is 558 g/mol. The van der Waals surface area contributed by atoms with Crippen molar-refractivity contribution in [3.63, 3.8) is 0 Å². The highest BCUT2D eigenvalue weighted by Gasteiger charge is 2.38. The average molecular weight is 596 g/mol. The van der Waals surface area contributed by atoms with Crippen LogP contribution >= 0.6 is 0 Å². The quantitative estimate of drug-likeness (QED) is 0.230. The molecule has 2 N–H and O–H groups in total. The second-order valence-electron chi connectivity index (χ2n) is 11.5. The summed E-state index contributed by atoms with van der Waals surface area (Å²) in [6, 6.07) is 34.9. The van der Waals surface area contributed by atoms with Crippen molar-refractivity contribution < 1.29 is 17.9 Å². The minimum absolute atomic E-state index is 0.0252. The molecule has 43 heavy (non-hydrogen) atoms. The van der Waals surface area contributed by atoms with Crippen LogP contribution in [0.1, 0.15) is 23.5 Å². The van der Waals surface area contributed by atoms with Gasteiger partial charge >= 0.3 is 0 Å². The lowest BCUT2D eigenvalue weighted by molar-refractivity contribution is -0.118. The van der Waals surface area contributed by atoms with Crippen LogP contribution < -0.4 is 14.8 Å². The molecule has 1 saturated carbocycles. The molecule has 0 bridgehead atoms. The number of benzene rings is 4. The first-order valence-electron chi connectivity index (χ1n) is 14.9. The third-order valence-corrected chi connectivity index (χ3v) is 9.59. The van der Waals surface area contributed by atoms with Crippen LogP contribution in [-0.4, -0.2) is 58.1 Å². The summed E-state index contributed by atoms with van der Waals surface area (Å²) >= 11 is 0. The number of nitrogens with zero attached hydrogens (tertiary/aromatic N) is 1. The first kappa shape index (κ1) is 29.1. The topological polar surface area (TPSA) is 87.7 Å². The monoisotopic (exact) mass is 595 g/mol. The van der Waals surface area contributed by atoms with Crippen molar-refractivity contribution in [2.45, 2.75) is 29.7 Å². The van der Waals surface area contributed by atoms with Gasteiger partial charge in [-0.1, -0.05) is 84.9 Å². The van der Waals surface area contributed by atoms with Crippen LogP contribution in [0.4, 0.5) is 0 Å². The lowest BCUT2D eigenvalue weighted by Gasteiger charge is -2.39. The van der Waals surface area contributed by atoms with Crippen molar-refractivity contribution in [1.82, 2.24) is 14.9 Å². The molecule has 222 valence electrons. The van der Waals surface area contributed by atoms with Crippen molar-refractivity contribution in [2.75, 3.05) is 32.8 Å². The number of amides is 1. The molecule has 0 radical (unpaired) electrons. The Morgan fingerprint density at radius 1 is 0.814 bits per heavy atom. The van der Waals surface area contributed by atoms with Crippen molar-refractivity contribution in [1.29, 1.82) is 0 Å². The third-order valence-electron chi connectivity index (χ3n) is 8.20. The Bertz CT molecular complexity index is 1610. The lowest BCUT2D eigenvalue weighted by Crippen LogP contribution is -2.52. The molecule has 7 nitrogen and oxygen atoms in total. The molecule has 0 spiro atoms. The molecule has 4 aromatic carbocycles. The highest BCUT2D eigenvalue weighted by atomic mass is 32.2. The summed E-state index contributed by atoms with van der Waals surface area (Å²) in [6.45, 7) is 4.93. The van der Waals surface area contributed by atoms with Crippen LogP contribution in [-0.2, 0) is 21.2 Å². The summed E-state index contributed by atoms with van der Waals surface area (Å²) in [7, 11) is -3.88. The summed E-state index contributed by atoms with van der Waals surface area (Å²) in [5, 5.41) is 3.76. The second-order valence-corrected chi connectivity index (χ2v) is 13.2. The maximum atomic E-state index is 12.4. The smallest absolute Gasteiger partial charge is 0.264 e. The van der Waals surface area contributed by atoms with Gasteiger partial charge in [0.15, 0.2) is 0 Å². The molecule has 2 aliphatic rings. The van der Waals surface area contributed by atoms with Gasteiger partial charge in [0.05, 0.1) is 11.3 Å². The fraction of sp³-hybridized carbons (Fsp3) is 0.286. The van der Waals surface area contributed by atoms with Gasteiger partial charge in [0.1, 0.15) is 12.4 Å². The van der Waals surface area contributed by atoms with Crippen LogP contribution in [0.15, 0.2) is 114 Å². The molecule has 1 aliphatic heterocycles. The van der Waals surface area contributed by atoms with Crippen molar-refractivity contribution in [2.24, 2.45) is 5.92 Å². The van der Waals surface area contributed by atoms with E-state index >= 15 is 0 Å². The molecule has 6 rings (SSSR count). The van der Waals surface area contributed by atoms with E-state index in [0.717, 1.165) is 54.5 Å². The van der Waals surface area contributed by atoms with Crippen LogP contribution in [0.25, 0.3) is 11.1 Å². The van der Waals surface area contributed by atoms with Crippen LogP contribution in [0.5, 0.6) is 5.75 Å². The van der Waals surface area contributed by atoms with Crippen LogP contribution in [0.3, 0.4) is 0 Å². The molecular formula is C35H37N3O4S. The van der Waals surface area contributed by atoms with E-state index in [4.69, 9.17) is 4.74 Å². The number of hydrogen-bond donors (Lipinski definition) is 2. The Labute approximate surface area is 254 Å². The van der Waals surface area contributed by atoms with E-state index < -0.39 is 15.9 Å². The van der Waals surface area contributed by atoms with Gasteiger partial charge in [0, 0.05) is 38.1 Å². The molecule has 1 amide bonds. The van der Waals surface area contributed by atoms with Gasteiger partial charge in [0.2, 0.25) is 5.91 Å². The molecule has 2 atom stereocenters. The zero-order chi connectivity index (χ0) is 29.6. The van der Waals surface area contributed by atoms with Crippen LogP contribution in [0, 0.1) is 5.92 Å². The average Bonchev–Trinajstić information content (AvgIpc) is 3.79. The number of likely N-dealkylation sites (tertiary alicyclic amines) is 1. The normalized spacial score (nSPS) is 18.5. The Morgan fingerprint density at radius 2 is 1.44 bits per heavy atom. The van der Waals surface area contributed by atoms with E-state index in [1.807, 2.05) is 48.5 Å². The molecule has 4 aromatic rings. The molecule has 8 heteroatoms. The summed E-state index contributed by atoms with van der Waals surface area (Å²) < 4.78 is 32.9. The maximum absolute atomic E-state index is 12.4. The predicted octanol–water partition coefficient (Wildman–Crippen LogP) is 4.86. The maximum Gasteiger partial charge on any atom is 0.264 e. The molecule has 0 aromatic heterocycles. The Balaban J connectivity index is 0.883. The predicted molar refractivity (Wildman–Crippen MR) is 168 cm³/mol. The first-order valence-corrected chi connectivity index (χ1v) is 16.3. The SMILES string of the molecule is O=C(Cc1ccc(-c2ccc(OCCN3CC(CN[C@H]4C[C@@H]4c4ccccc4)C3)cc2)cc1)NS(=O)(=O)c1ccccc1. The largest absolute Gasteiger partial charge is 0.492 e. The molecule has 1 aliphatic carbocycles. The van der Waals surface area contributed by atoms with Gasteiger partial charge < -0.3 is 10.1 Å². The number of rotatable bonds is 13. The third kappa shape index (κ3) is 7.70. The summed E-state index contributed by atoms with van der Waals surface area (Å²) in [4.78, 5) is 14.9. The summed E-state index contributed by atoms with van der Waals surface area (Å²) in [6.07, 6.45) is 1.23. The lowest BCUT2D eigenvalue weighted by atomic mass is 10.0. The molecule has 1 heterocycles. The van der Waals surface area contributed by atoms with E-state index in [9.17, 15) is 13.2 Å². The number of sulfonamides is 1. The molecule has 1 saturated heterocycles. The van der Waals surface area contributed by atoms with Gasteiger partial charge in [-0.2, -0.15) is 0 Å². The Morgan fingerprint density at radius 3 is 2.12 bits per heavy atom. The zero-order valence-corrected chi connectivity index (χ0v) is 24.9. The van der Waals surface area contributed by atoms with E-state index in [1.54, 1.807) is 18.2 Å². The van der Waals surface area contributed by atoms with E-state index in [-0.39, 0.29) is 11.3 Å². The van der Waals surface area contributed by atoms with Gasteiger partial charge in [-0.25, -0.2) is 13.1 Å². The molecule has 0 unspecified atom stereocenters. The van der Waals surface area contributed by atoms with Crippen molar-refractivity contribution in [3.05, 3.63) is 120 Å². The number of carbonyl (C=O) groups excluding carboxylic acids is 1. The minimum Gasteiger partial charge on any atom is -0.492 e. The Kier molecular flexibility index (Phi) is 8.88. The van der Waals surface area contributed by atoms with Gasteiger partial charge in [-0.15, -0.1) is 0 Å². The minimum atomic E-state index is -3.88. The fourth-order valence-electron chi connectivity index (χ4n) is 5.68. The molecule has 2 fully saturated rings. The zero-order valence-electron chi connectivity index (χ0n) is 24.1. The Hall–Kier alpha value is -3.98. The number of carbonyl (C=O) groups is 1. The van der Waals surface area contributed by atoms with Gasteiger partial charge in [-0.05, 0) is 58.9 Å². The first-order chi connectivity index (χ1) is 20.9. The fourth-order valence-corrected chi connectivity index (χ4v) is 6.68. The standard InChI is InChI=1S/C35H37N3O4S/c39-35(37-43(40,41)32-9-5-2-6-10-32)21-26-11-13-28(14-12-26)29-15-17-31(18-16-29)42-20-19-38-24-27(25-38)23-36-34-22-33(34)30-7-3-1-4-8-30/h1-18,27,33-34,36H,19-25H2,(H,37,39)/t33-,34+/m1/s1. The van der Waals surface area contributed by atoms with E-state index in [0.29, 0.717) is 18.6 Å². The van der Waals surface area contributed by atoms with Crippen LogP contribution in [0.2, 0.25) is 0 Å². The summed E-state index contributed by atoms with van der Waals surface area (Å²) in [5.41, 5.74) is 4.24. The highest BCUT2D eigenvalue weighted by Crippen LogP contribution is 2.40. The second kappa shape index (κ2) is 13.1. The van der Waals surface area contributed by atoms with Gasteiger partial charge in [-0.3, -0.25) is 9.69 Å². The van der Waals surface area contributed by atoms with E-state index in [1.165, 1.54) is 24.1 Å². The highest BCUT2D eigenvalue weighted by molar-refractivity contribution is 7.90. The summed E-state index contributed by atoms with van der Waals surface area (Å²) in [5.74, 6) is 1.68. The number of ether oxygens (including phenoxy) is 1.